The summed E-state index contributed by atoms with van der Waals surface area (Å²) in [7, 11) is 0. The number of fused-ring (bicyclic) bond motifs is 6. The topological polar surface area (TPSA) is 76.0 Å². The number of allylic oxidation sites excluding steroid dienone is 4. The lowest BCUT2D eigenvalue weighted by Gasteiger charge is -2.36. The number of benzene rings is 3. The van der Waals surface area contributed by atoms with Crippen molar-refractivity contribution in [3.05, 3.63) is 189 Å². The van der Waals surface area contributed by atoms with Gasteiger partial charge >= 0.3 is 0 Å². The molecule has 6 nitrogen and oxygen atoms in total. The quantitative estimate of drug-likeness (QED) is 0.154. The van der Waals surface area contributed by atoms with Gasteiger partial charge in [0, 0.05) is 79.5 Å². The van der Waals surface area contributed by atoms with Gasteiger partial charge in [0.15, 0.2) is 0 Å². The first-order valence-corrected chi connectivity index (χ1v) is 30.1. The molecule has 2 aromatic heterocycles. The summed E-state index contributed by atoms with van der Waals surface area (Å²) in [6, 6.07) is 20.7. The van der Waals surface area contributed by atoms with Crippen molar-refractivity contribution in [2.45, 2.75) is 50.4 Å². The average molecular weight is 1400 g/mol. The first-order chi connectivity index (χ1) is 34.9. The Morgan fingerprint density at radius 3 is 1.97 bits per heavy atom. The number of pyridine rings is 2. The van der Waals surface area contributed by atoms with E-state index in [2.05, 4.69) is 172 Å². The third-order valence-electron chi connectivity index (χ3n) is 14.3. The van der Waals surface area contributed by atoms with Crippen molar-refractivity contribution in [3.8, 4) is 11.1 Å². The molecule has 15 heteroatoms. The molecular weight excluding hydrogens is 1350 g/mol. The number of aromatic nitrogens is 2. The Morgan fingerprint density at radius 2 is 1.24 bits per heavy atom. The standard InChI is InChI=1S/C19H17Br2ClN2.2C19H16Br2ClN2/c3*20-14-7-13-2-1-12-8-15(22)9-16(21)17(12)18(19(13)24-10-14)11-3-5-23-6-4-11/h1-2,7-11,18,23H,3-6H2;2*1-2,7-11,23H,3-6H2/q;-1;+1. The second-order valence-corrected chi connectivity index (χ2v) is 25.5. The molecule has 3 saturated heterocycles. The van der Waals surface area contributed by atoms with Gasteiger partial charge in [-0.25, -0.2) is 4.98 Å². The van der Waals surface area contributed by atoms with Gasteiger partial charge in [-0.05, 0) is 231 Å². The molecule has 3 N–H and O–H groups in total. The minimum absolute atomic E-state index is 0.284. The Morgan fingerprint density at radius 1 is 0.611 bits per heavy atom. The van der Waals surface area contributed by atoms with Crippen molar-refractivity contribution in [2.24, 2.45) is 11.8 Å². The number of hydrogen-bond donors (Lipinski definition) is 3. The van der Waals surface area contributed by atoms with Crippen LogP contribution in [0.2, 0.25) is 15.1 Å². The number of hydrogen-bond acceptors (Lipinski definition) is 5. The Bertz CT molecular complexity index is 3200. The van der Waals surface area contributed by atoms with E-state index in [1.165, 1.54) is 44.6 Å². The van der Waals surface area contributed by atoms with Crippen molar-refractivity contribution >= 4 is 165 Å². The van der Waals surface area contributed by atoms with Crippen LogP contribution in [-0.2, 0) is 0 Å². The number of piperidine rings is 3. The third-order valence-corrected chi connectivity index (χ3v) is 18.2. The van der Waals surface area contributed by atoms with Gasteiger partial charge in [-0.2, -0.15) is 6.20 Å². The second-order valence-electron chi connectivity index (χ2n) is 18.8. The lowest BCUT2D eigenvalue weighted by Crippen LogP contribution is -2.32. The van der Waals surface area contributed by atoms with E-state index in [1.54, 1.807) is 0 Å². The second kappa shape index (κ2) is 23.9. The molecule has 6 heterocycles. The Labute approximate surface area is 487 Å². The van der Waals surface area contributed by atoms with Gasteiger partial charge in [0.25, 0.3) is 0 Å². The van der Waals surface area contributed by atoms with Crippen molar-refractivity contribution in [2.75, 3.05) is 39.3 Å². The van der Waals surface area contributed by atoms with Crippen molar-refractivity contribution in [1.82, 2.24) is 25.9 Å². The summed E-state index contributed by atoms with van der Waals surface area (Å²) in [5.74, 6) is 1.85. The molecular formula is C57H49Br6Cl3N6. The van der Waals surface area contributed by atoms with Gasteiger partial charge in [0.1, 0.15) is 20.6 Å². The van der Waals surface area contributed by atoms with Crippen LogP contribution >= 0.6 is 130 Å². The molecule has 2 aromatic carbocycles. The van der Waals surface area contributed by atoms with Crippen LogP contribution in [-0.4, -0.2) is 49.2 Å². The smallest absolute Gasteiger partial charge is 0.124 e. The van der Waals surface area contributed by atoms with E-state index in [0.717, 1.165) is 153 Å². The predicted octanol–water partition coefficient (Wildman–Crippen LogP) is 18.5. The fourth-order valence-corrected chi connectivity index (χ4v) is 15.3. The summed E-state index contributed by atoms with van der Waals surface area (Å²) in [5.41, 5.74) is 15.6. The van der Waals surface area contributed by atoms with E-state index in [4.69, 9.17) is 50.1 Å². The van der Waals surface area contributed by atoms with Crippen LogP contribution < -0.4 is 16.0 Å². The zero-order valence-corrected chi connectivity index (χ0v) is 50.7. The minimum atomic E-state index is 0.284. The fraction of sp³-hybridized carbons (Fsp3) is 0.281. The maximum atomic E-state index is 6.31. The highest BCUT2D eigenvalue weighted by molar-refractivity contribution is 9.12. The molecule has 12 rings (SSSR count). The van der Waals surface area contributed by atoms with Crippen LogP contribution in [0.15, 0.2) is 130 Å². The first-order valence-electron chi connectivity index (χ1n) is 24.2. The number of nitrogens with one attached hydrogen (secondary N) is 3. The maximum absolute atomic E-state index is 6.31. The lowest BCUT2D eigenvalue weighted by molar-refractivity contribution is 0.338. The SMILES string of the molecule is Clc1cc(Br)c2c(c1)C=CC1=CC(Br)=C[N-]C1=C2C1CCNCC1.Clc1cc(Br)c2c(c1)C=Cc1cc(Br)cnc1C2C1CCNCC1.Clc1cc2ccc3cc(Br)cnc3c(C3CCNCC3)c-2[c+](Br)c1. The first kappa shape index (κ1) is 53.1. The Balaban J connectivity index is 0.000000124. The monoisotopic (exact) mass is 1400 g/mol. The fourth-order valence-electron chi connectivity index (χ4n) is 11.1. The van der Waals surface area contributed by atoms with E-state index < -0.39 is 0 Å². The van der Waals surface area contributed by atoms with Crippen LogP contribution in [0, 0.1) is 11.8 Å². The van der Waals surface area contributed by atoms with E-state index in [1.807, 2.05) is 48.9 Å². The number of rotatable bonds is 3. The summed E-state index contributed by atoms with van der Waals surface area (Å²) < 4.78 is 6.17. The normalized spacial score (nSPS) is 19.0. The summed E-state index contributed by atoms with van der Waals surface area (Å²) >= 11 is 40.8. The van der Waals surface area contributed by atoms with E-state index in [0.29, 0.717) is 17.8 Å². The van der Waals surface area contributed by atoms with E-state index >= 15 is 0 Å². The molecule has 0 spiro atoms. The Kier molecular flexibility index (Phi) is 17.7. The predicted molar refractivity (Wildman–Crippen MR) is 325 cm³/mol. The highest BCUT2D eigenvalue weighted by Gasteiger charge is 2.34. The molecule has 0 radical (unpaired) electrons. The molecule has 0 amide bonds. The van der Waals surface area contributed by atoms with Crippen molar-refractivity contribution in [3.63, 3.8) is 0 Å². The summed E-state index contributed by atoms with van der Waals surface area (Å²) in [5, 5.41) is 18.6. The zero-order valence-electron chi connectivity index (χ0n) is 38.9. The molecule has 4 aliphatic heterocycles. The van der Waals surface area contributed by atoms with E-state index in [9.17, 15) is 0 Å². The van der Waals surface area contributed by atoms with Crippen LogP contribution in [0.3, 0.4) is 0 Å². The lowest BCUT2D eigenvalue weighted by atomic mass is 9.76. The molecule has 4 aromatic rings. The molecule has 4 aliphatic carbocycles. The summed E-state index contributed by atoms with van der Waals surface area (Å²) in [6.45, 7) is 6.34. The van der Waals surface area contributed by atoms with Gasteiger partial charge in [-0.3, -0.25) is 4.98 Å². The number of halogens is 9. The zero-order chi connectivity index (χ0) is 50.0. The molecule has 1 atom stereocenters. The van der Waals surface area contributed by atoms with Gasteiger partial charge in [-0.1, -0.05) is 95.3 Å². The van der Waals surface area contributed by atoms with Crippen molar-refractivity contribution in [1.29, 1.82) is 0 Å². The molecule has 0 saturated carbocycles. The average Bonchev–Trinajstić information content (AvgIpc) is 3.72. The van der Waals surface area contributed by atoms with Gasteiger partial charge in [-0.15, -0.1) is 5.70 Å². The van der Waals surface area contributed by atoms with Gasteiger partial charge in [0.05, 0.1) is 22.9 Å². The largest absolute Gasteiger partial charge is 0.662 e. The third kappa shape index (κ3) is 11.8. The van der Waals surface area contributed by atoms with E-state index in [-0.39, 0.29) is 5.92 Å². The molecule has 8 aliphatic rings. The molecule has 3 fully saturated rings. The molecule has 1 unspecified atom stereocenters. The number of nitrogens with zero attached hydrogens (tertiary/aromatic N) is 3. The minimum Gasteiger partial charge on any atom is -0.662 e. The van der Waals surface area contributed by atoms with Crippen molar-refractivity contribution < 1.29 is 0 Å². The highest BCUT2D eigenvalue weighted by Crippen LogP contribution is 2.49. The van der Waals surface area contributed by atoms with Crippen LogP contribution in [0.25, 0.3) is 51.1 Å². The maximum Gasteiger partial charge on any atom is 0.124 e. The van der Waals surface area contributed by atoms with Crippen LogP contribution in [0.1, 0.15) is 89.4 Å². The molecule has 370 valence electrons. The molecule has 0 bridgehead atoms. The summed E-state index contributed by atoms with van der Waals surface area (Å²) in [6.07, 6.45) is 23.3. The van der Waals surface area contributed by atoms with Gasteiger partial charge < -0.3 is 21.3 Å². The van der Waals surface area contributed by atoms with Crippen LogP contribution in [0.5, 0.6) is 0 Å². The van der Waals surface area contributed by atoms with Crippen LogP contribution in [0.4, 0.5) is 0 Å². The Hall–Kier alpha value is -2.30. The highest BCUT2D eigenvalue weighted by atomic mass is 79.9. The summed E-state index contributed by atoms with van der Waals surface area (Å²) in [4.78, 5) is 9.61. The molecule has 72 heavy (non-hydrogen) atoms. The van der Waals surface area contributed by atoms with Gasteiger partial charge in [0.2, 0.25) is 0 Å².